The molecular weight excluding hydrogens is 382 g/mol. The standard InChI is InChI=1S/C27H27N3O/c1-19-9-12-22(13-10-19)17-30-18-24(25-6-4-5-7-26(25)30)16-28-29-27(31)15-23-14-20(2)8-11-21(23)3/h4-14,16,18H,15,17H2,1-3H3,(H,29,31)/b28-16-. The molecule has 4 nitrogen and oxygen atoms in total. The van der Waals surface area contributed by atoms with E-state index < -0.39 is 0 Å². The van der Waals surface area contributed by atoms with Crippen LogP contribution >= 0.6 is 0 Å². The molecule has 0 radical (unpaired) electrons. The summed E-state index contributed by atoms with van der Waals surface area (Å²) in [4.78, 5) is 12.4. The maximum Gasteiger partial charge on any atom is 0.244 e. The Bertz CT molecular complexity index is 1250. The quantitative estimate of drug-likeness (QED) is 0.341. The fraction of sp³-hybridized carbons (Fsp3) is 0.185. The monoisotopic (exact) mass is 409 g/mol. The fourth-order valence-electron chi connectivity index (χ4n) is 3.78. The fourth-order valence-corrected chi connectivity index (χ4v) is 3.78. The second kappa shape index (κ2) is 9.00. The molecule has 0 spiro atoms. The minimum absolute atomic E-state index is 0.117. The van der Waals surface area contributed by atoms with Gasteiger partial charge in [-0.05, 0) is 43.5 Å². The number of hydrogen-bond acceptors (Lipinski definition) is 2. The van der Waals surface area contributed by atoms with Crippen LogP contribution in [0.4, 0.5) is 0 Å². The number of carbonyl (C=O) groups excluding carboxylic acids is 1. The maximum atomic E-state index is 12.4. The molecule has 0 aliphatic rings. The second-order valence-electron chi connectivity index (χ2n) is 8.11. The van der Waals surface area contributed by atoms with Gasteiger partial charge >= 0.3 is 0 Å². The highest BCUT2D eigenvalue weighted by atomic mass is 16.2. The number of aryl methyl sites for hydroxylation is 3. The molecule has 156 valence electrons. The Kier molecular flexibility index (Phi) is 5.99. The molecule has 0 saturated heterocycles. The number of hydrogen-bond donors (Lipinski definition) is 1. The van der Waals surface area contributed by atoms with Gasteiger partial charge in [-0.15, -0.1) is 0 Å². The van der Waals surface area contributed by atoms with Gasteiger partial charge in [-0.25, -0.2) is 5.43 Å². The summed E-state index contributed by atoms with van der Waals surface area (Å²) < 4.78 is 2.22. The lowest BCUT2D eigenvalue weighted by molar-refractivity contribution is -0.120. The molecular formula is C27H27N3O. The number of para-hydroxylation sites is 1. The van der Waals surface area contributed by atoms with E-state index in [0.717, 1.165) is 39.7 Å². The average molecular weight is 410 g/mol. The van der Waals surface area contributed by atoms with E-state index in [1.165, 1.54) is 11.1 Å². The molecule has 0 saturated carbocycles. The van der Waals surface area contributed by atoms with Crippen molar-refractivity contribution in [2.24, 2.45) is 5.10 Å². The van der Waals surface area contributed by atoms with Gasteiger partial charge in [-0.1, -0.05) is 71.8 Å². The number of benzene rings is 3. The van der Waals surface area contributed by atoms with Crippen molar-refractivity contribution in [1.82, 2.24) is 9.99 Å². The molecule has 4 rings (SSSR count). The van der Waals surface area contributed by atoms with E-state index in [9.17, 15) is 4.79 Å². The van der Waals surface area contributed by atoms with E-state index in [4.69, 9.17) is 0 Å². The minimum atomic E-state index is -0.117. The van der Waals surface area contributed by atoms with Crippen molar-refractivity contribution >= 4 is 23.0 Å². The van der Waals surface area contributed by atoms with Crippen LogP contribution in [0, 0.1) is 20.8 Å². The molecule has 0 aliphatic carbocycles. The zero-order chi connectivity index (χ0) is 21.8. The number of amides is 1. The van der Waals surface area contributed by atoms with Gasteiger partial charge in [0.25, 0.3) is 0 Å². The molecule has 31 heavy (non-hydrogen) atoms. The lowest BCUT2D eigenvalue weighted by Gasteiger charge is -2.06. The van der Waals surface area contributed by atoms with Crippen molar-refractivity contribution in [3.8, 4) is 0 Å². The Morgan fingerprint density at radius 3 is 2.52 bits per heavy atom. The van der Waals surface area contributed by atoms with Crippen molar-refractivity contribution in [2.75, 3.05) is 0 Å². The van der Waals surface area contributed by atoms with E-state index in [2.05, 4.69) is 76.7 Å². The third-order valence-electron chi connectivity index (χ3n) is 5.54. The van der Waals surface area contributed by atoms with E-state index in [1.54, 1.807) is 6.21 Å². The molecule has 0 atom stereocenters. The third-order valence-corrected chi connectivity index (χ3v) is 5.54. The van der Waals surface area contributed by atoms with Gasteiger partial charge in [-0.3, -0.25) is 4.79 Å². The van der Waals surface area contributed by atoms with Gasteiger partial charge in [0.15, 0.2) is 0 Å². The van der Waals surface area contributed by atoms with Crippen molar-refractivity contribution in [3.05, 3.63) is 106 Å². The molecule has 3 aromatic carbocycles. The molecule has 1 heterocycles. The number of rotatable bonds is 6. The van der Waals surface area contributed by atoms with Crippen LogP contribution in [-0.2, 0) is 17.8 Å². The first kappa shape index (κ1) is 20.6. The molecule has 1 aromatic heterocycles. The molecule has 0 fully saturated rings. The Hall–Kier alpha value is -3.66. The summed E-state index contributed by atoms with van der Waals surface area (Å²) in [5, 5.41) is 5.35. The largest absolute Gasteiger partial charge is 0.342 e. The SMILES string of the molecule is Cc1ccc(Cn2cc(/C=N\NC(=O)Cc3cc(C)ccc3C)c3ccccc32)cc1. The molecule has 1 amide bonds. The van der Waals surface area contributed by atoms with E-state index >= 15 is 0 Å². The zero-order valence-electron chi connectivity index (χ0n) is 18.2. The number of nitrogens with one attached hydrogen (secondary N) is 1. The van der Waals surface area contributed by atoms with Gasteiger partial charge in [0, 0.05) is 29.2 Å². The highest BCUT2D eigenvalue weighted by Crippen LogP contribution is 2.21. The number of nitrogens with zero attached hydrogens (tertiary/aromatic N) is 2. The van der Waals surface area contributed by atoms with Crippen LogP contribution in [0.1, 0.15) is 33.4 Å². The normalized spacial score (nSPS) is 11.3. The van der Waals surface area contributed by atoms with Crippen LogP contribution in [0.5, 0.6) is 0 Å². The molecule has 0 aliphatic heterocycles. The van der Waals surface area contributed by atoms with Gasteiger partial charge in [-0.2, -0.15) is 5.10 Å². The summed E-state index contributed by atoms with van der Waals surface area (Å²) in [6.45, 7) is 6.94. The maximum absolute atomic E-state index is 12.4. The van der Waals surface area contributed by atoms with Crippen molar-refractivity contribution in [2.45, 2.75) is 33.7 Å². The molecule has 0 unspecified atom stereocenters. The molecule has 1 N–H and O–H groups in total. The Balaban J connectivity index is 1.50. The first-order valence-electron chi connectivity index (χ1n) is 10.5. The van der Waals surface area contributed by atoms with Gasteiger partial charge < -0.3 is 4.57 Å². The van der Waals surface area contributed by atoms with Gasteiger partial charge in [0.1, 0.15) is 0 Å². The number of aromatic nitrogens is 1. The van der Waals surface area contributed by atoms with Crippen molar-refractivity contribution in [1.29, 1.82) is 0 Å². The van der Waals surface area contributed by atoms with Crippen LogP contribution in [0.15, 0.2) is 78.0 Å². The summed E-state index contributed by atoms with van der Waals surface area (Å²) in [5.74, 6) is -0.117. The number of fused-ring (bicyclic) bond motifs is 1. The van der Waals surface area contributed by atoms with E-state index in [0.29, 0.717) is 6.42 Å². The topological polar surface area (TPSA) is 46.4 Å². The Labute approximate surface area is 183 Å². The lowest BCUT2D eigenvalue weighted by atomic mass is 10.0. The summed E-state index contributed by atoms with van der Waals surface area (Å²) in [6, 6.07) is 23.0. The van der Waals surface area contributed by atoms with Crippen LogP contribution in [0.2, 0.25) is 0 Å². The summed E-state index contributed by atoms with van der Waals surface area (Å²) in [7, 11) is 0. The molecule has 4 heteroatoms. The minimum Gasteiger partial charge on any atom is -0.342 e. The first-order chi connectivity index (χ1) is 15.0. The van der Waals surface area contributed by atoms with Gasteiger partial charge in [0.05, 0.1) is 12.6 Å². The van der Waals surface area contributed by atoms with Crippen LogP contribution in [-0.4, -0.2) is 16.7 Å². The van der Waals surface area contributed by atoms with Gasteiger partial charge in [0.2, 0.25) is 5.91 Å². The predicted molar refractivity (Wildman–Crippen MR) is 128 cm³/mol. The summed E-state index contributed by atoms with van der Waals surface area (Å²) in [6.07, 6.45) is 4.14. The van der Waals surface area contributed by atoms with Crippen molar-refractivity contribution < 1.29 is 4.79 Å². The predicted octanol–water partition coefficient (Wildman–Crippen LogP) is 5.31. The van der Waals surface area contributed by atoms with Crippen molar-refractivity contribution in [3.63, 3.8) is 0 Å². The Morgan fingerprint density at radius 1 is 0.968 bits per heavy atom. The molecule has 0 bridgehead atoms. The summed E-state index contributed by atoms with van der Waals surface area (Å²) >= 11 is 0. The van der Waals surface area contributed by atoms with Crippen LogP contribution < -0.4 is 5.43 Å². The van der Waals surface area contributed by atoms with Crippen LogP contribution in [0.3, 0.4) is 0 Å². The highest BCUT2D eigenvalue weighted by Gasteiger charge is 2.08. The number of hydrazone groups is 1. The first-order valence-corrected chi connectivity index (χ1v) is 10.5. The van der Waals surface area contributed by atoms with E-state index in [-0.39, 0.29) is 5.91 Å². The molecule has 4 aromatic rings. The average Bonchev–Trinajstić information content (AvgIpc) is 3.10. The smallest absolute Gasteiger partial charge is 0.244 e. The lowest BCUT2D eigenvalue weighted by Crippen LogP contribution is -2.20. The zero-order valence-corrected chi connectivity index (χ0v) is 18.2. The highest BCUT2D eigenvalue weighted by molar-refractivity contribution is 5.99. The summed E-state index contributed by atoms with van der Waals surface area (Å²) in [5.41, 5.74) is 10.6. The van der Waals surface area contributed by atoms with Crippen LogP contribution in [0.25, 0.3) is 10.9 Å². The third kappa shape index (κ3) is 4.92. The van der Waals surface area contributed by atoms with E-state index in [1.807, 2.05) is 32.0 Å². The second-order valence-corrected chi connectivity index (χ2v) is 8.11. The number of carbonyl (C=O) groups is 1. The Morgan fingerprint density at radius 2 is 1.71 bits per heavy atom.